The summed E-state index contributed by atoms with van der Waals surface area (Å²) in [6.07, 6.45) is 6.95. The molecule has 5 atom stereocenters. The summed E-state index contributed by atoms with van der Waals surface area (Å²) in [6.45, 7) is 7.57. The van der Waals surface area contributed by atoms with Crippen molar-refractivity contribution in [1.29, 1.82) is 0 Å². The highest BCUT2D eigenvalue weighted by molar-refractivity contribution is 5.06. The number of nitrogens with one attached hydrogen (secondary N) is 1. The Labute approximate surface area is 112 Å². The molecule has 106 valence electrons. The molecule has 2 aliphatic carbocycles. The van der Waals surface area contributed by atoms with E-state index in [0.717, 1.165) is 13.0 Å². The minimum atomic E-state index is 0.302. The lowest BCUT2D eigenvalue weighted by atomic mass is 9.61. The lowest BCUT2D eigenvalue weighted by molar-refractivity contribution is -0.130. The third kappa shape index (κ3) is 2.45. The van der Waals surface area contributed by atoms with E-state index in [4.69, 9.17) is 9.47 Å². The Balaban J connectivity index is 1.90. The summed E-state index contributed by atoms with van der Waals surface area (Å²) in [7, 11) is 1.84. The van der Waals surface area contributed by atoms with E-state index < -0.39 is 0 Å². The molecule has 1 N–H and O–H groups in total. The van der Waals surface area contributed by atoms with Gasteiger partial charge in [-0.05, 0) is 39.0 Å². The Hall–Kier alpha value is -0.120. The fourth-order valence-electron chi connectivity index (χ4n) is 3.67. The van der Waals surface area contributed by atoms with Crippen molar-refractivity contribution < 1.29 is 9.47 Å². The van der Waals surface area contributed by atoms with Crippen LogP contribution >= 0.6 is 0 Å². The molecule has 0 aromatic heterocycles. The number of hydrogen-bond acceptors (Lipinski definition) is 3. The molecule has 0 radical (unpaired) electrons. The van der Waals surface area contributed by atoms with Gasteiger partial charge in [-0.3, -0.25) is 0 Å². The molecule has 2 aliphatic rings. The molecule has 0 amide bonds. The van der Waals surface area contributed by atoms with Crippen molar-refractivity contribution in [1.82, 2.24) is 5.32 Å². The quantitative estimate of drug-likeness (QED) is 0.791. The summed E-state index contributed by atoms with van der Waals surface area (Å²) in [6, 6.07) is 1.15. The first-order valence-corrected chi connectivity index (χ1v) is 7.56. The molecular formula is C15H29NO2. The monoisotopic (exact) mass is 255 g/mol. The van der Waals surface area contributed by atoms with Crippen LogP contribution in [-0.2, 0) is 9.47 Å². The van der Waals surface area contributed by atoms with Gasteiger partial charge in [-0.25, -0.2) is 0 Å². The zero-order chi connectivity index (χ0) is 13.2. The lowest BCUT2D eigenvalue weighted by Gasteiger charge is -2.54. The molecule has 3 nitrogen and oxygen atoms in total. The maximum Gasteiger partial charge on any atom is 0.0724 e. The first-order chi connectivity index (χ1) is 8.65. The number of methoxy groups -OCH3 is 1. The van der Waals surface area contributed by atoms with Gasteiger partial charge in [-0.2, -0.15) is 0 Å². The molecule has 0 spiro atoms. The van der Waals surface area contributed by atoms with Crippen molar-refractivity contribution >= 4 is 0 Å². The van der Waals surface area contributed by atoms with E-state index in [-0.39, 0.29) is 0 Å². The molecule has 0 bridgehead atoms. The fraction of sp³-hybridized carbons (Fsp3) is 1.00. The Morgan fingerprint density at radius 3 is 2.67 bits per heavy atom. The standard InChI is InChI=1S/C15H29NO2/c1-5-15(3)13(10-14(15)18-6-2)16-11-8-7-9-12(11)17-4/h11-14,16H,5-10H2,1-4H3. The molecule has 0 aromatic rings. The van der Waals surface area contributed by atoms with Crippen molar-refractivity contribution in [2.24, 2.45) is 5.41 Å². The average molecular weight is 255 g/mol. The fourth-order valence-corrected chi connectivity index (χ4v) is 3.67. The van der Waals surface area contributed by atoms with Crippen LogP contribution in [0.2, 0.25) is 0 Å². The van der Waals surface area contributed by atoms with Crippen LogP contribution in [0.15, 0.2) is 0 Å². The van der Waals surface area contributed by atoms with Gasteiger partial charge in [0.15, 0.2) is 0 Å². The largest absolute Gasteiger partial charge is 0.380 e. The second kappa shape index (κ2) is 5.89. The van der Waals surface area contributed by atoms with Gasteiger partial charge >= 0.3 is 0 Å². The van der Waals surface area contributed by atoms with Gasteiger partial charge in [0.05, 0.1) is 12.2 Å². The highest BCUT2D eigenvalue weighted by Crippen LogP contribution is 2.46. The minimum Gasteiger partial charge on any atom is -0.380 e. The van der Waals surface area contributed by atoms with Gasteiger partial charge in [0, 0.05) is 31.2 Å². The van der Waals surface area contributed by atoms with Crippen LogP contribution in [0, 0.1) is 5.41 Å². The summed E-state index contributed by atoms with van der Waals surface area (Å²) in [5.41, 5.74) is 0.302. The maximum absolute atomic E-state index is 5.86. The first-order valence-electron chi connectivity index (χ1n) is 7.56. The van der Waals surface area contributed by atoms with Crippen LogP contribution < -0.4 is 5.32 Å². The average Bonchev–Trinajstić information content (AvgIpc) is 2.83. The summed E-state index contributed by atoms with van der Waals surface area (Å²) in [5.74, 6) is 0. The van der Waals surface area contributed by atoms with E-state index in [1.807, 2.05) is 7.11 Å². The highest BCUT2D eigenvalue weighted by Gasteiger charge is 2.52. The van der Waals surface area contributed by atoms with Crippen LogP contribution in [0.3, 0.4) is 0 Å². The van der Waals surface area contributed by atoms with E-state index in [1.165, 1.54) is 25.7 Å². The van der Waals surface area contributed by atoms with Crippen LogP contribution in [0.5, 0.6) is 0 Å². The van der Waals surface area contributed by atoms with Crippen LogP contribution in [0.25, 0.3) is 0 Å². The van der Waals surface area contributed by atoms with Crippen molar-refractivity contribution in [3.8, 4) is 0 Å². The predicted molar refractivity (Wildman–Crippen MR) is 73.8 cm³/mol. The van der Waals surface area contributed by atoms with Crippen molar-refractivity contribution in [3.63, 3.8) is 0 Å². The van der Waals surface area contributed by atoms with Gasteiger partial charge in [0.25, 0.3) is 0 Å². The van der Waals surface area contributed by atoms with E-state index in [2.05, 4.69) is 26.1 Å². The molecule has 0 aliphatic heterocycles. The Bertz CT molecular complexity index is 271. The van der Waals surface area contributed by atoms with Gasteiger partial charge in [0.2, 0.25) is 0 Å². The SMILES string of the molecule is CCOC1CC(NC2CCCC2OC)C1(C)CC. The third-order valence-corrected chi connectivity index (χ3v) is 5.28. The maximum atomic E-state index is 5.86. The molecule has 2 rings (SSSR count). The Morgan fingerprint density at radius 2 is 2.06 bits per heavy atom. The van der Waals surface area contributed by atoms with Crippen LogP contribution in [0.4, 0.5) is 0 Å². The Morgan fingerprint density at radius 1 is 1.28 bits per heavy atom. The van der Waals surface area contributed by atoms with Gasteiger partial charge < -0.3 is 14.8 Å². The molecule has 0 saturated heterocycles. The van der Waals surface area contributed by atoms with Crippen LogP contribution in [0.1, 0.15) is 52.9 Å². The zero-order valence-electron chi connectivity index (χ0n) is 12.4. The summed E-state index contributed by atoms with van der Waals surface area (Å²) >= 11 is 0. The Kier molecular flexibility index (Phi) is 4.68. The summed E-state index contributed by atoms with van der Waals surface area (Å²) < 4.78 is 11.4. The summed E-state index contributed by atoms with van der Waals surface area (Å²) in [5, 5.41) is 3.84. The zero-order valence-corrected chi connectivity index (χ0v) is 12.4. The number of ether oxygens (including phenoxy) is 2. The second-order valence-corrected chi connectivity index (χ2v) is 6.07. The van der Waals surface area contributed by atoms with Crippen molar-refractivity contribution in [3.05, 3.63) is 0 Å². The van der Waals surface area contributed by atoms with E-state index >= 15 is 0 Å². The lowest BCUT2D eigenvalue weighted by Crippen LogP contribution is -2.64. The molecule has 0 heterocycles. The molecule has 2 fully saturated rings. The third-order valence-electron chi connectivity index (χ3n) is 5.28. The highest BCUT2D eigenvalue weighted by atomic mass is 16.5. The first kappa shape index (κ1) is 14.3. The number of hydrogen-bond donors (Lipinski definition) is 1. The molecule has 0 aromatic carbocycles. The topological polar surface area (TPSA) is 30.5 Å². The molecular weight excluding hydrogens is 226 g/mol. The molecule has 18 heavy (non-hydrogen) atoms. The second-order valence-electron chi connectivity index (χ2n) is 6.07. The predicted octanol–water partition coefficient (Wildman–Crippen LogP) is 2.74. The van der Waals surface area contributed by atoms with Crippen LogP contribution in [-0.4, -0.2) is 38.0 Å². The van der Waals surface area contributed by atoms with Gasteiger partial charge in [-0.15, -0.1) is 0 Å². The van der Waals surface area contributed by atoms with Crippen molar-refractivity contribution in [2.45, 2.75) is 77.2 Å². The van der Waals surface area contributed by atoms with Crippen molar-refractivity contribution in [2.75, 3.05) is 13.7 Å². The smallest absolute Gasteiger partial charge is 0.0724 e. The van der Waals surface area contributed by atoms with E-state index in [1.54, 1.807) is 0 Å². The van der Waals surface area contributed by atoms with Gasteiger partial charge in [-0.1, -0.05) is 13.8 Å². The molecule has 2 saturated carbocycles. The molecule has 3 heteroatoms. The molecule has 5 unspecified atom stereocenters. The van der Waals surface area contributed by atoms with E-state index in [0.29, 0.717) is 29.7 Å². The van der Waals surface area contributed by atoms with E-state index in [9.17, 15) is 0 Å². The number of rotatable bonds is 6. The summed E-state index contributed by atoms with van der Waals surface area (Å²) in [4.78, 5) is 0. The normalized spacial score (nSPS) is 44.0. The minimum absolute atomic E-state index is 0.302. The van der Waals surface area contributed by atoms with Gasteiger partial charge in [0.1, 0.15) is 0 Å².